The van der Waals surface area contributed by atoms with E-state index < -0.39 is 0 Å². The van der Waals surface area contributed by atoms with Crippen molar-refractivity contribution in [2.24, 2.45) is 5.73 Å². The first-order chi connectivity index (χ1) is 4.57. The highest BCUT2D eigenvalue weighted by Crippen LogP contribution is 2.14. The van der Waals surface area contributed by atoms with E-state index in [4.69, 9.17) is 10.5 Å². The zero-order valence-corrected chi connectivity index (χ0v) is 8.68. The van der Waals surface area contributed by atoms with E-state index in [2.05, 4.69) is 31.9 Å². The Morgan fingerprint density at radius 1 is 1.70 bits per heavy atom. The van der Waals surface area contributed by atoms with Gasteiger partial charge in [-0.15, -0.1) is 0 Å². The van der Waals surface area contributed by atoms with Gasteiger partial charge in [0.2, 0.25) is 5.91 Å². The second kappa shape index (κ2) is 5.09. The second-order valence-corrected chi connectivity index (χ2v) is 3.88. The molecule has 10 heavy (non-hydrogen) atoms. The normalized spacial score (nSPS) is 16.3. The van der Waals surface area contributed by atoms with Crippen LogP contribution >= 0.6 is 31.9 Å². The fraction of sp³-hybridized carbons (Fsp3) is 0.800. The summed E-state index contributed by atoms with van der Waals surface area (Å²) in [7, 11) is 1.56. The summed E-state index contributed by atoms with van der Waals surface area (Å²) < 4.78 is 4.85. The average Bonchev–Trinajstić information content (AvgIpc) is 1.87. The summed E-state index contributed by atoms with van der Waals surface area (Å²) in [5.74, 6) is -0.374. The quantitative estimate of drug-likeness (QED) is 0.778. The molecular formula is C5H9Br2NO2. The van der Waals surface area contributed by atoms with Gasteiger partial charge in [0, 0.05) is 13.5 Å². The molecule has 0 aliphatic carbocycles. The Kier molecular flexibility index (Phi) is 5.29. The van der Waals surface area contributed by atoms with E-state index in [9.17, 15) is 4.79 Å². The van der Waals surface area contributed by atoms with E-state index in [1.54, 1.807) is 7.11 Å². The third kappa shape index (κ3) is 4.24. The number of primary amides is 1. The van der Waals surface area contributed by atoms with Gasteiger partial charge in [0.25, 0.3) is 0 Å². The molecule has 0 aliphatic rings. The summed E-state index contributed by atoms with van der Waals surface area (Å²) in [5.41, 5.74) is 4.98. The first-order valence-corrected chi connectivity index (χ1v) is 4.51. The van der Waals surface area contributed by atoms with Crippen molar-refractivity contribution in [3.05, 3.63) is 0 Å². The number of rotatable bonds is 4. The number of halogens is 2. The highest BCUT2D eigenvalue weighted by molar-refractivity contribution is 9.10. The van der Waals surface area contributed by atoms with Gasteiger partial charge in [-0.25, -0.2) is 0 Å². The highest BCUT2D eigenvalue weighted by Gasteiger charge is 2.15. The van der Waals surface area contributed by atoms with Gasteiger partial charge in [0.05, 0.1) is 4.83 Å². The summed E-state index contributed by atoms with van der Waals surface area (Å²) >= 11 is 6.28. The van der Waals surface area contributed by atoms with Crippen LogP contribution in [-0.2, 0) is 9.53 Å². The average molecular weight is 275 g/mol. The highest BCUT2D eigenvalue weighted by atomic mass is 79.9. The summed E-state index contributed by atoms with van der Waals surface area (Å²) in [6.07, 6.45) is 0.534. The van der Waals surface area contributed by atoms with Crippen LogP contribution in [0, 0.1) is 0 Å². The van der Waals surface area contributed by atoms with Gasteiger partial charge in [-0.3, -0.25) is 4.79 Å². The molecule has 0 saturated carbocycles. The van der Waals surface area contributed by atoms with Crippen molar-refractivity contribution >= 4 is 37.8 Å². The van der Waals surface area contributed by atoms with E-state index in [1.165, 1.54) is 0 Å². The van der Waals surface area contributed by atoms with E-state index >= 15 is 0 Å². The Bertz CT molecular complexity index is 120. The minimum Gasteiger partial charge on any atom is -0.370 e. The first kappa shape index (κ1) is 10.4. The van der Waals surface area contributed by atoms with Crippen molar-refractivity contribution in [2.75, 3.05) is 7.11 Å². The number of methoxy groups -OCH3 is 1. The molecule has 2 atom stereocenters. The Balaban J connectivity index is 3.56. The zero-order chi connectivity index (χ0) is 8.15. The van der Waals surface area contributed by atoms with Crippen LogP contribution in [0.1, 0.15) is 6.42 Å². The molecule has 2 unspecified atom stereocenters. The molecule has 60 valence electrons. The van der Waals surface area contributed by atoms with E-state index in [-0.39, 0.29) is 15.7 Å². The lowest BCUT2D eigenvalue weighted by Crippen LogP contribution is -2.26. The molecule has 0 aromatic carbocycles. The fourth-order valence-corrected chi connectivity index (χ4v) is 1.59. The molecule has 0 heterocycles. The Morgan fingerprint density at radius 2 is 2.20 bits per heavy atom. The molecule has 0 aliphatic heterocycles. The summed E-state index contributed by atoms with van der Waals surface area (Å²) in [6.45, 7) is 0. The molecule has 3 nitrogen and oxygen atoms in total. The van der Waals surface area contributed by atoms with Gasteiger partial charge in [0.15, 0.2) is 0 Å². The Hall–Kier alpha value is 0.390. The van der Waals surface area contributed by atoms with E-state index in [0.29, 0.717) is 6.42 Å². The molecular weight excluding hydrogens is 266 g/mol. The number of ether oxygens (including phenoxy) is 1. The SMILES string of the molecule is COC(Br)CC(Br)C(N)=O. The maximum Gasteiger partial charge on any atom is 0.231 e. The second-order valence-electron chi connectivity index (χ2n) is 1.75. The number of carbonyl (C=O) groups excluding carboxylic acids is 1. The molecule has 5 heteroatoms. The van der Waals surface area contributed by atoms with Crippen molar-refractivity contribution in [2.45, 2.75) is 16.3 Å². The summed E-state index contributed by atoms with van der Waals surface area (Å²) in [6, 6.07) is 0. The summed E-state index contributed by atoms with van der Waals surface area (Å²) in [5, 5.41) is -0.121. The number of hydrogen-bond acceptors (Lipinski definition) is 2. The lowest BCUT2D eigenvalue weighted by molar-refractivity contribution is -0.117. The molecule has 0 rings (SSSR count). The predicted molar refractivity (Wildman–Crippen MR) is 46.3 cm³/mol. The number of alkyl halides is 2. The zero-order valence-electron chi connectivity index (χ0n) is 5.51. The molecule has 0 aromatic rings. The lowest BCUT2D eigenvalue weighted by Gasteiger charge is -2.09. The summed E-state index contributed by atoms with van der Waals surface area (Å²) in [4.78, 5) is 10.1. The van der Waals surface area contributed by atoms with Crippen LogP contribution in [0.3, 0.4) is 0 Å². The minimum absolute atomic E-state index is 0.121. The number of hydrogen-bond donors (Lipinski definition) is 1. The van der Waals surface area contributed by atoms with Crippen molar-refractivity contribution in [1.82, 2.24) is 0 Å². The molecule has 0 bridgehead atoms. The van der Waals surface area contributed by atoms with Gasteiger partial charge in [0.1, 0.15) is 5.01 Å². The largest absolute Gasteiger partial charge is 0.370 e. The third-order valence-corrected chi connectivity index (χ3v) is 2.53. The van der Waals surface area contributed by atoms with Gasteiger partial charge in [-0.05, 0) is 0 Å². The minimum atomic E-state index is -0.374. The first-order valence-electron chi connectivity index (χ1n) is 2.68. The monoisotopic (exact) mass is 273 g/mol. The predicted octanol–water partition coefficient (Wildman–Crippen LogP) is 0.993. The number of nitrogens with two attached hydrogens (primary N) is 1. The number of amides is 1. The van der Waals surface area contributed by atoms with Crippen molar-refractivity contribution in [3.8, 4) is 0 Å². The van der Waals surface area contributed by atoms with E-state index in [0.717, 1.165) is 0 Å². The molecule has 0 radical (unpaired) electrons. The number of carbonyl (C=O) groups is 1. The smallest absolute Gasteiger partial charge is 0.231 e. The van der Waals surface area contributed by atoms with Crippen molar-refractivity contribution in [1.29, 1.82) is 0 Å². The Morgan fingerprint density at radius 3 is 2.50 bits per heavy atom. The van der Waals surface area contributed by atoms with Crippen LogP contribution < -0.4 is 5.73 Å². The standard InChI is InChI=1S/C5H9Br2NO2/c1-10-4(7)2-3(6)5(8)9/h3-4H,2H2,1H3,(H2,8,9). The van der Waals surface area contributed by atoms with Crippen LogP contribution in [-0.4, -0.2) is 22.9 Å². The van der Waals surface area contributed by atoms with Crippen LogP contribution in [0.2, 0.25) is 0 Å². The van der Waals surface area contributed by atoms with Crippen LogP contribution in [0.15, 0.2) is 0 Å². The van der Waals surface area contributed by atoms with Crippen LogP contribution in [0.25, 0.3) is 0 Å². The maximum absolute atomic E-state index is 10.4. The fourth-order valence-electron chi connectivity index (χ4n) is 0.375. The van der Waals surface area contributed by atoms with Gasteiger partial charge < -0.3 is 10.5 Å². The molecule has 0 fully saturated rings. The molecule has 0 aromatic heterocycles. The topological polar surface area (TPSA) is 52.3 Å². The van der Waals surface area contributed by atoms with Gasteiger partial charge in [-0.2, -0.15) is 0 Å². The molecule has 0 spiro atoms. The van der Waals surface area contributed by atoms with Crippen LogP contribution in [0.4, 0.5) is 0 Å². The van der Waals surface area contributed by atoms with Crippen molar-refractivity contribution in [3.63, 3.8) is 0 Å². The van der Waals surface area contributed by atoms with E-state index in [1.807, 2.05) is 0 Å². The van der Waals surface area contributed by atoms with Gasteiger partial charge in [-0.1, -0.05) is 31.9 Å². The molecule has 2 N–H and O–H groups in total. The maximum atomic E-state index is 10.4. The van der Waals surface area contributed by atoms with Crippen LogP contribution in [0.5, 0.6) is 0 Å². The molecule has 0 saturated heterocycles. The van der Waals surface area contributed by atoms with Crippen molar-refractivity contribution < 1.29 is 9.53 Å². The third-order valence-electron chi connectivity index (χ3n) is 0.957. The Labute approximate surface area is 76.5 Å². The lowest BCUT2D eigenvalue weighted by atomic mass is 10.3. The molecule has 1 amide bonds. The van der Waals surface area contributed by atoms with Gasteiger partial charge >= 0.3 is 0 Å².